The first kappa shape index (κ1) is 27.8. The Kier molecular flexibility index (Phi) is 7.03. The summed E-state index contributed by atoms with van der Waals surface area (Å²) in [6, 6.07) is 39.0. The Morgan fingerprint density at radius 1 is 0.435 bits per heavy atom. The van der Waals surface area contributed by atoms with Gasteiger partial charge in [0.1, 0.15) is 0 Å². The van der Waals surface area contributed by atoms with Gasteiger partial charge in [-0.25, -0.2) is 0 Å². The van der Waals surface area contributed by atoms with Crippen molar-refractivity contribution in [1.29, 1.82) is 0 Å². The fourth-order valence-corrected chi connectivity index (χ4v) is 6.79. The lowest BCUT2D eigenvalue weighted by atomic mass is 10.1. The zero-order valence-electron chi connectivity index (χ0n) is 26.1. The number of para-hydroxylation sites is 2. The molecule has 0 saturated heterocycles. The summed E-state index contributed by atoms with van der Waals surface area (Å²) < 4.78 is 4.78. The molecule has 0 bridgehead atoms. The Bertz CT molecular complexity index is 2280. The molecule has 8 rings (SSSR count). The summed E-state index contributed by atoms with van der Waals surface area (Å²) in [6.07, 6.45) is 12.4. The fourth-order valence-electron chi connectivity index (χ4n) is 6.79. The smallest absolute Gasteiger partial charge is 0.0892 e. The molecular formula is C42H34N4. The van der Waals surface area contributed by atoms with Gasteiger partial charge in [-0.3, -0.25) is 9.97 Å². The van der Waals surface area contributed by atoms with Gasteiger partial charge in [-0.2, -0.15) is 0 Å². The van der Waals surface area contributed by atoms with E-state index in [0.717, 1.165) is 35.6 Å². The molecule has 4 aromatic carbocycles. The van der Waals surface area contributed by atoms with Gasteiger partial charge in [-0.15, -0.1) is 0 Å². The van der Waals surface area contributed by atoms with Crippen LogP contribution in [0.15, 0.2) is 122 Å². The maximum atomic E-state index is 4.66. The number of aryl methyl sites for hydroxylation is 2. The van der Waals surface area contributed by atoms with E-state index in [9.17, 15) is 0 Å². The number of pyridine rings is 2. The van der Waals surface area contributed by atoms with Gasteiger partial charge in [-0.05, 0) is 84.6 Å². The van der Waals surface area contributed by atoms with Gasteiger partial charge < -0.3 is 9.13 Å². The van der Waals surface area contributed by atoms with Crippen LogP contribution in [-0.2, 0) is 13.1 Å². The molecule has 0 fully saturated rings. The summed E-state index contributed by atoms with van der Waals surface area (Å²) in [4.78, 5) is 9.32. The standard InChI is InChI=1S/C42H34N4/c1-3-45-39-11-7-5-9-33(39)35-19-17-29(27-41(35)45)13-15-31-21-23-43-37(25-31)38-26-32(22-24-44-38)16-14-30-18-20-36-34-10-6-8-12-40(34)46(4-2)42(36)28-30/h5-28H,3-4H2,1-2H3/b15-13+,16-14+. The molecule has 222 valence electrons. The molecule has 0 atom stereocenters. The van der Waals surface area contributed by atoms with Crippen LogP contribution in [0.5, 0.6) is 0 Å². The van der Waals surface area contributed by atoms with Gasteiger partial charge in [0.05, 0.1) is 11.4 Å². The van der Waals surface area contributed by atoms with Gasteiger partial charge in [0, 0.05) is 69.1 Å². The number of hydrogen-bond acceptors (Lipinski definition) is 2. The number of nitrogens with zero attached hydrogens (tertiary/aromatic N) is 4. The summed E-state index contributed by atoms with van der Waals surface area (Å²) in [6.45, 7) is 6.28. The molecule has 0 aliphatic rings. The van der Waals surface area contributed by atoms with Crippen LogP contribution in [-0.4, -0.2) is 19.1 Å². The Morgan fingerprint density at radius 2 is 0.826 bits per heavy atom. The number of aromatic nitrogens is 4. The molecule has 0 N–H and O–H groups in total. The Labute approximate surface area is 268 Å². The molecule has 4 heterocycles. The number of hydrogen-bond donors (Lipinski definition) is 0. The van der Waals surface area contributed by atoms with Crippen LogP contribution in [0, 0.1) is 0 Å². The van der Waals surface area contributed by atoms with Gasteiger partial charge in [0.25, 0.3) is 0 Å². The van der Waals surface area contributed by atoms with Crippen molar-refractivity contribution >= 4 is 67.9 Å². The fraction of sp³-hybridized carbons (Fsp3) is 0.0952. The average Bonchev–Trinajstić information content (AvgIpc) is 3.61. The van der Waals surface area contributed by atoms with Gasteiger partial charge in [-0.1, -0.05) is 85.0 Å². The predicted molar refractivity (Wildman–Crippen MR) is 196 cm³/mol. The van der Waals surface area contributed by atoms with Gasteiger partial charge >= 0.3 is 0 Å². The van der Waals surface area contributed by atoms with Crippen LogP contribution in [0.2, 0.25) is 0 Å². The van der Waals surface area contributed by atoms with E-state index in [2.05, 4.69) is 154 Å². The van der Waals surface area contributed by atoms with Gasteiger partial charge in [0.15, 0.2) is 0 Å². The second-order valence-corrected chi connectivity index (χ2v) is 11.7. The highest BCUT2D eigenvalue weighted by atomic mass is 15.0. The van der Waals surface area contributed by atoms with Crippen LogP contribution in [0.3, 0.4) is 0 Å². The largest absolute Gasteiger partial charge is 0.341 e. The Hall–Kier alpha value is -5.74. The van der Waals surface area contributed by atoms with Crippen LogP contribution >= 0.6 is 0 Å². The van der Waals surface area contributed by atoms with Crippen LogP contribution < -0.4 is 0 Å². The normalized spacial score (nSPS) is 12.1. The highest BCUT2D eigenvalue weighted by molar-refractivity contribution is 6.09. The molecule has 46 heavy (non-hydrogen) atoms. The molecule has 8 aromatic rings. The Balaban J connectivity index is 1.05. The predicted octanol–water partition coefficient (Wildman–Crippen LogP) is 10.7. The van der Waals surface area contributed by atoms with E-state index in [0.29, 0.717) is 0 Å². The average molecular weight is 595 g/mol. The molecule has 0 radical (unpaired) electrons. The van der Waals surface area contributed by atoms with Crippen molar-refractivity contribution < 1.29 is 0 Å². The molecule has 4 heteroatoms. The van der Waals surface area contributed by atoms with Crippen molar-refractivity contribution in [2.24, 2.45) is 0 Å². The molecule has 0 saturated carbocycles. The van der Waals surface area contributed by atoms with Crippen LogP contribution in [0.4, 0.5) is 0 Å². The molecule has 0 aliphatic carbocycles. The quantitative estimate of drug-likeness (QED) is 0.184. The lowest BCUT2D eigenvalue weighted by Gasteiger charge is -2.05. The minimum absolute atomic E-state index is 0.854. The summed E-state index contributed by atoms with van der Waals surface area (Å²) >= 11 is 0. The highest BCUT2D eigenvalue weighted by Crippen LogP contribution is 2.31. The number of benzene rings is 4. The minimum Gasteiger partial charge on any atom is -0.341 e. The molecule has 4 aromatic heterocycles. The second kappa shape index (κ2) is 11.6. The van der Waals surface area contributed by atoms with E-state index >= 15 is 0 Å². The third kappa shape index (κ3) is 4.89. The zero-order chi connectivity index (χ0) is 31.0. The molecule has 0 unspecified atom stereocenters. The van der Waals surface area contributed by atoms with Crippen molar-refractivity contribution in [3.05, 3.63) is 144 Å². The summed E-state index contributed by atoms with van der Waals surface area (Å²) in [5, 5.41) is 5.20. The van der Waals surface area contributed by atoms with Crippen molar-refractivity contribution in [2.75, 3.05) is 0 Å². The number of rotatable bonds is 7. The van der Waals surface area contributed by atoms with Crippen molar-refractivity contribution in [3.8, 4) is 11.4 Å². The maximum absolute atomic E-state index is 4.66. The molecule has 0 spiro atoms. The van der Waals surface area contributed by atoms with E-state index in [1.165, 1.54) is 54.7 Å². The van der Waals surface area contributed by atoms with Crippen molar-refractivity contribution in [2.45, 2.75) is 26.9 Å². The SMILES string of the molecule is CCn1c2ccccc2c2ccc(/C=C/c3ccnc(-c4cc(/C=C/c5ccc6c7ccccc7n(CC)c6c5)ccn4)c3)cc21. The second-order valence-electron chi connectivity index (χ2n) is 11.7. The summed E-state index contributed by atoms with van der Waals surface area (Å²) in [7, 11) is 0. The lowest BCUT2D eigenvalue weighted by molar-refractivity contribution is 0.827. The highest BCUT2D eigenvalue weighted by Gasteiger charge is 2.10. The topological polar surface area (TPSA) is 35.6 Å². The van der Waals surface area contributed by atoms with E-state index in [4.69, 9.17) is 0 Å². The van der Waals surface area contributed by atoms with Gasteiger partial charge in [0.2, 0.25) is 0 Å². The van der Waals surface area contributed by atoms with Crippen LogP contribution in [0.1, 0.15) is 36.1 Å². The Morgan fingerprint density at radius 3 is 1.26 bits per heavy atom. The monoisotopic (exact) mass is 594 g/mol. The minimum atomic E-state index is 0.854. The number of fused-ring (bicyclic) bond motifs is 6. The molecule has 0 aliphatic heterocycles. The first-order chi connectivity index (χ1) is 22.7. The molecular weight excluding hydrogens is 560 g/mol. The van der Waals surface area contributed by atoms with E-state index in [-0.39, 0.29) is 0 Å². The third-order valence-corrected chi connectivity index (χ3v) is 8.99. The maximum Gasteiger partial charge on any atom is 0.0892 e. The summed E-state index contributed by atoms with van der Waals surface area (Å²) in [5.41, 5.74) is 11.3. The van der Waals surface area contributed by atoms with E-state index in [1.807, 2.05) is 24.5 Å². The van der Waals surface area contributed by atoms with E-state index in [1.54, 1.807) is 0 Å². The zero-order valence-corrected chi connectivity index (χ0v) is 26.1. The first-order valence-corrected chi connectivity index (χ1v) is 16.0. The van der Waals surface area contributed by atoms with Crippen molar-refractivity contribution in [3.63, 3.8) is 0 Å². The third-order valence-electron chi connectivity index (χ3n) is 8.99. The first-order valence-electron chi connectivity index (χ1n) is 16.0. The van der Waals surface area contributed by atoms with Crippen molar-refractivity contribution in [1.82, 2.24) is 19.1 Å². The molecule has 4 nitrogen and oxygen atoms in total. The molecule has 0 amide bonds. The summed E-state index contributed by atoms with van der Waals surface area (Å²) in [5.74, 6) is 0. The lowest BCUT2D eigenvalue weighted by Crippen LogP contribution is -1.92. The van der Waals surface area contributed by atoms with Crippen LogP contribution in [0.25, 0.3) is 79.3 Å². The van der Waals surface area contributed by atoms with E-state index < -0.39 is 0 Å².